The Kier molecular flexibility index (Phi) is 7.01. The van der Waals surface area contributed by atoms with E-state index in [-0.39, 0.29) is 6.04 Å². The summed E-state index contributed by atoms with van der Waals surface area (Å²) in [6, 6.07) is 7.93. The lowest BCUT2D eigenvalue weighted by Crippen LogP contribution is -2.58. The molecule has 194 valence electrons. The van der Waals surface area contributed by atoms with E-state index in [1.54, 1.807) is 12.3 Å². The largest absolute Gasteiger partial charge is 0.481 e. The number of nitrogens with zero attached hydrogens (tertiary/aromatic N) is 3. The van der Waals surface area contributed by atoms with Crippen LogP contribution in [0.25, 0.3) is 0 Å². The first-order chi connectivity index (χ1) is 17.1. The fraction of sp³-hybridized carbons (Fsp3) is 0.556. The molecule has 0 unspecified atom stereocenters. The molecule has 7 nitrogen and oxygen atoms in total. The van der Waals surface area contributed by atoms with Crippen LogP contribution in [0.5, 0.6) is 0 Å². The number of aliphatic carboxylic acids is 1. The summed E-state index contributed by atoms with van der Waals surface area (Å²) in [4.78, 5) is 20.9. The molecule has 2 atom stereocenters. The van der Waals surface area contributed by atoms with Crippen molar-refractivity contribution in [3.05, 3.63) is 46.1 Å². The molecule has 1 saturated carbocycles. The minimum Gasteiger partial charge on any atom is -0.481 e. The Labute approximate surface area is 223 Å². The van der Waals surface area contributed by atoms with Crippen LogP contribution in [-0.4, -0.2) is 53.2 Å². The van der Waals surface area contributed by atoms with Gasteiger partial charge in [0.1, 0.15) is 5.82 Å². The molecule has 2 saturated heterocycles. The molecule has 36 heavy (non-hydrogen) atoms. The van der Waals surface area contributed by atoms with Gasteiger partial charge in [-0.3, -0.25) is 4.79 Å². The Morgan fingerprint density at radius 2 is 1.97 bits per heavy atom. The van der Waals surface area contributed by atoms with E-state index >= 15 is 0 Å². The first-order valence-electron chi connectivity index (χ1n) is 12.8. The number of nitrogen functional groups attached to an aromatic ring is 1. The highest BCUT2D eigenvalue weighted by Crippen LogP contribution is 2.45. The summed E-state index contributed by atoms with van der Waals surface area (Å²) in [5.74, 6) is 1.57. The Balaban J connectivity index is 1.17. The second-order valence-corrected chi connectivity index (χ2v) is 12.0. The maximum atomic E-state index is 11.5. The van der Waals surface area contributed by atoms with Crippen LogP contribution in [-0.2, 0) is 4.79 Å². The van der Waals surface area contributed by atoms with Gasteiger partial charge < -0.3 is 26.0 Å². The fourth-order valence-electron chi connectivity index (χ4n) is 6.08. The molecule has 0 bridgehead atoms. The van der Waals surface area contributed by atoms with Crippen molar-refractivity contribution in [2.75, 3.05) is 42.1 Å². The SMILES string of the molecule is C[C@@H](Nc1cc(N2CC([C@H]3CCCN(C4CC(C)(C(=O)O)C4)C3)C2)ncc1N)c1ccc(Cl)cc1Cl. The molecule has 2 aliphatic heterocycles. The summed E-state index contributed by atoms with van der Waals surface area (Å²) in [7, 11) is 0. The quantitative estimate of drug-likeness (QED) is 0.431. The molecular weight excluding hydrogens is 497 g/mol. The molecular formula is C27H35Cl2N5O2. The summed E-state index contributed by atoms with van der Waals surface area (Å²) >= 11 is 12.4. The topological polar surface area (TPSA) is 94.7 Å². The van der Waals surface area contributed by atoms with E-state index in [2.05, 4.69) is 20.1 Å². The van der Waals surface area contributed by atoms with E-state index in [1.165, 1.54) is 12.8 Å². The van der Waals surface area contributed by atoms with E-state index in [1.807, 2.05) is 32.0 Å². The second-order valence-electron chi connectivity index (χ2n) is 11.2. The fourth-order valence-corrected chi connectivity index (χ4v) is 6.66. The molecule has 3 heterocycles. The Morgan fingerprint density at radius 1 is 1.22 bits per heavy atom. The van der Waals surface area contributed by atoms with Crippen molar-refractivity contribution in [2.24, 2.45) is 17.3 Å². The van der Waals surface area contributed by atoms with Gasteiger partial charge in [0.05, 0.1) is 29.0 Å². The predicted octanol–water partition coefficient (Wildman–Crippen LogP) is 5.55. The number of benzene rings is 1. The van der Waals surface area contributed by atoms with Crippen molar-refractivity contribution in [2.45, 2.75) is 51.6 Å². The van der Waals surface area contributed by atoms with Crippen LogP contribution in [0, 0.1) is 17.3 Å². The lowest BCUT2D eigenvalue weighted by Gasteiger charge is -2.52. The van der Waals surface area contributed by atoms with Gasteiger partial charge in [-0.2, -0.15) is 0 Å². The van der Waals surface area contributed by atoms with Gasteiger partial charge in [0.25, 0.3) is 0 Å². The summed E-state index contributed by atoms with van der Waals surface area (Å²) < 4.78 is 0. The molecule has 2 aromatic rings. The van der Waals surface area contributed by atoms with Crippen molar-refractivity contribution in [1.29, 1.82) is 0 Å². The molecule has 1 aliphatic carbocycles. The number of carboxylic acid groups (broad SMARTS) is 1. The Morgan fingerprint density at radius 3 is 2.67 bits per heavy atom. The average molecular weight is 533 g/mol. The number of rotatable bonds is 7. The number of nitrogens with two attached hydrogens (primary N) is 1. The zero-order valence-corrected chi connectivity index (χ0v) is 22.4. The Bertz CT molecular complexity index is 1130. The minimum absolute atomic E-state index is 0.0424. The number of pyridine rings is 1. The van der Waals surface area contributed by atoms with Crippen molar-refractivity contribution < 1.29 is 9.90 Å². The first-order valence-corrected chi connectivity index (χ1v) is 13.6. The summed E-state index contributed by atoms with van der Waals surface area (Å²) in [5.41, 5.74) is 8.11. The third-order valence-corrected chi connectivity index (χ3v) is 9.08. The van der Waals surface area contributed by atoms with Crippen molar-refractivity contribution in [1.82, 2.24) is 9.88 Å². The third-order valence-electron chi connectivity index (χ3n) is 8.52. The van der Waals surface area contributed by atoms with Crippen LogP contribution in [0.15, 0.2) is 30.5 Å². The normalized spacial score (nSPS) is 27.7. The summed E-state index contributed by atoms with van der Waals surface area (Å²) in [5, 5.41) is 14.2. The van der Waals surface area contributed by atoms with Gasteiger partial charge in [-0.25, -0.2) is 4.98 Å². The predicted molar refractivity (Wildman–Crippen MR) is 146 cm³/mol. The number of carbonyl (C=O) groups is 1. The standard InChI is InChI=1S/C27H35Cl2N5O2/c1-16(21-6-5-19(28)8-22(21)29)32-24-9-25(31-12-23(24)30)34-14-18(15-34)17-4-3-7-33(13-17)20-10-27(2,11-20)26(35)36/h5-6,8-9,12,16-18,20H,3-4,7,10-11,13-15,30H2,1-2H3,(H,31,32)(H,35,36)/t16-,17+,20?,27?/m1/s1. The molecule has 9 heteroatoms. The number of halogens is 2. The van der Waals surface area contributed by atoms with Crippen molar-refractivity contribution >= 4 is 46.4 Å². The monoisotopic (exact) mass is 531 g/mol. The molecule has 5 rings (SSSR count). The summed E-state index contributed by atoms with van der Waals surface area (Å²) in [6.45, 7) is 8.09. The number of carboxylic acids is 1. The van der Waals surface area contributed by atoms with Crippen molar-refractivity contribution in [3.63, 3.8) is 0 Å². The number of hydrogen-bond donors (Lipinski definition) is 3. The van der Waals surface area contributed by atoms with Crippen LogP contribution in [0.1, 0.15) is 51.1 Å². The number of anilines is 3. The maximum Gasteiger partial charge on any atom is 0.309 e. The van der Waals surface area contributed by atoms with Gasteiger partial charge in [-0.1, -0.05) is 29.3 Å². The van der Waals surface area contributed by atoms with Gasteiger partial charge in [0, 0.05) is 41.8 Å². The van der Waals surface area contributed by atoms with Gasteiger partial charge in [-0.15, -0.1) is 0 Å². The molecule has 0 spiro atoms. The highest BCUT2D eigenvalue weighted by molar-refractivity contribution is 6.35. The molecule has 3 fully saturated rings. The van der Waals surface area contributed by atoms with Crippen LogP contribution in [0.4, 0.5) is 17.2 Å². The number of hydrogen-bond acceptors (Lipinski definition) is 6. The van der Waals surface area contributed by atoms with Crippen LogP contribution in [0.2, 0.25) is 10.0 Å². The van der Waals surface area contributed by atoms with Crippen LogP contribution >= 0.6 is 23.2 Å². The molecule has 0 amide bonds. The number of likely N-dealkylation sites (tertiary alicyclic amines) is 1. The van der Waals surface area contributed by atoms with Crippen LogP contribution in [0.3, 0.4) is 0 Å². The van der Waals surface area contributed by atoms with Crippen molar-refractivity contribution in [3.8, 4) is 0 Å². The number of nitrogens with one attached hydrogen (secondary N) is 1. The zero-order chi connectivity index (χ0) is 25.6. The van der Waals surface area contributed by atoms with Crippen LogP contribution < -0.4 is 16.0 Å². The van der Waals surface area contributed by atoms with E-state index in [9.17, 15) is 9.90 Å². The smallest absolute Gasteiger partial charge is 0.309 e. The molecule has 0 radical (unpaired) electrons. The van der Waals surface area contributed by atoms with E-state index in [0.717, 1.165) is 56.1 Å². The van der Waals surface area contributed by atoms with Gasteiger partial charge in [0.2, 0.25) is 0 Å². The molecule has 1 aromatic carbocycles. The highest BCUT2D eigenvalue weighted by Gasteiger charge is 2.49. The molecule has 4 N–H and O–H groups in total. The highest BCUT2D eigenvalue weighted by atomic mass is 35.5. The lowest BCUT2D eigenvalue weighted by molar-refractivity contribution is -0.158. The van der Waals surface area contributed by atoms with Gasteiger partial charge in [-0.05, 0) is 75.6 Å². The second kappa shape index (κ2) is 9.92. The van der Waals surface area contributed by atoms with E-state index in [0.29, 0.717) is 33.6 Å². The first kappa shape index (κ1) is 25.4. The minimum atomic E-state index is -0.655. The number of piperidine rings is 1. The molecule has 1 aromatic heterocycles. The average Bonchev–Trinajstić information content (AvgIpc) is 2.78. The summed E-state index contributed by atoms with van der Waals surface area (Å²) in [6.07, 6.45) is 5.72. The van der Waals surface area contributed by atoms with Gasteiger partial charge >= 0.3 is 5.97 Å². The van der Waals surface area contributed by atoms with Gasteiger partial charge in [0.15, 0.2) is 0 Å². The number of aromatic nitrogens is 1. The molecule has 3 aliphatic rings. The zero-order valence-electron chi connectivity index (χ0n) is 20.9. The lowest BCUT2D eigenvalue weighted by atomic mass is 9.65. The third kappa shape index (κ3) is 4.98. The maximum absolute atomic E-state index is 11.5. The van der Waals surface area contributed by atoms with E-state index < -0.39 is 11.4 Å². The van der Waals surface area contributed by atoms with E-state index in [4.69, 9.17) is 28.9 Å². The Hall–Kier alpha value is -2.22.